The van der Waals surface area contributed by atoms with Gasteiger partial charge < -0.3 is 15.3 Å². The van der Waals surface area contributed by atoms with Crippen molar-refractivity contribution in [1.82, 2.24) is 20.2 Å². The number of aliphatic hydroxyl groups is 2. The number of benzene rings is 2. The van der Waals surface area contributed by atoms with Gasteiger partial charge in [0.15, 0.2) is 0 Å². The van der Waals surface area contributed by atoms with E-state index >= 15 is 0 Å². The van der Waals surface area contributed by atoms with Crippen LogP contribution in [0.3, 0.4) is 0 Å². The molecule has 10 heteroatoms. The monoisotopic (exact) mass is 444 g/mol. The van der Waals surface area contributed by atoms with Crippen LogP contribution in [-0.4, -0.2) is 53.7 Å². The van der Waals surface area contributed by atoms with Gasteiger partial charge in [-0.05, 0) is 53.1 Å². The van der Waals surface area contributed by atoms with E-state index in [-0.39, 0.29) is 17.8 Å². The van der Waals surface area contributed by atoms with Crippen LogP contribution in [-0.2, 0) is 11.3 Å². The van der Waals surface area contributed by atoms with Crippen LogP contribution in [0, 0.1) is 11.6 Å². The van der Waals surface area contributed by atoms with E-state index in [2.05, 4.69) is 15.4 Å². The molecule has 0 amide bonds. The standard InChI is InChI=1S/C22H22F2N4O4/c1-2-28-26-22(25-27-28)21(18(30)11-17(29)12-19(31)32)20(13-3-7-15(23)8-4-13)14-5-9-16(24)10-6-14/h3-10,17-18,29-30H,2,11-12H2,1H3,(H,31,32). The zero-order valence-electron chi connectivity index (χ0n) is 17.2. The fraction of sp³-hybridized carbons (Fsp3) is 0.273. The molecule has 168 valence electrons. The van der Waals surface area contributed by atoms with Crippen molar-refractivity contribution in [3.63, 3.8) is 0 Å². The summed E-state index contributed by atoms with van der Waals surface area (Å²) in [6.07, 6.45) is -3.64. The maximum Gasteiger partial charge on any atom is 0.305 e. The highest BCUT2D eigenvalue weighted by molar-refractivity contribution is 5.98. The molecular weight excluding hydrogens is 422 g/mol. The van der Waals surface area contributed by atoms with Gasteiger partial charge in [0.1, 0.15) is 11.6 Å². The first kappa shape index (κ1) is 23.2. The molecule has 3 aromatic rings. The lowest BCUT2D eigenvalue weighted by atomic mass is 9.88. The molecule has 0 aliphatic carbocycles. The molecule has 0 saturated carbocycles. The summed E-state index contributed by atoms with van der Waals surface area (Å²) in [6, 6.07) is 10.9. The molecule has 3 rings (SSSR count). The second-order valence-electron chi connectivity index (χ2n) is 7.11. The van der Waals surface area contributed by atoms with Crippen LogP contribution in [0.2, 0.25) is 0 Å². The minimum Gasteiger partial charge on any atom is -0.481 e. The summed E-state index contributed by atoms with van der Waals surface area (Å²) in [4.78, 5) is 12.2. The van der Waals surface area contributed by atoms with Gasteiger partial charge in [0.2, 0.25) is 5.82 Å². The lowest BCUT2D eigenvalue weighted by Crippen LogP contribution is -2.23. The lowest BCUT2D eigenvalue weighted by molar-refractivity contribution is -0.139. The third kappa shape index (κ3) is 5.59. The van der Waals surface area contributed by atoms with Crippen molar-refractivity contribution in [1.29, 1.82) is 0 Å². The number of hydrogen-bond donors (Lipinski definition) is 3. The van der Waals surface area contributed by atoms with Gasteiger partial charge in [-0.3, -0.25) is 4.79 Å². The number of carboxylic acid groups (broad SMARTS) is 1. The summed E-state index contributed by atoms with van der Waals surface area (Å²) in [5.41, 5.74) is 1.48. The zero-order chi connectivity index (χ0) is 23.3. The molecule has 0 aliphatic heterocycles. The number of aryl methyl sites for hydroxylation is 1. The van der Waals surface area contributed by atoms with E-state index in [0.29, 0.717) is 23.2 Å². The molecule has 32 heavy (non-hydrogen) atoms. The van der Waals surface area contributed by atoms with E-state index in [9.17, 15) is 23.8 Å². The first-order valence-corrected chi connectivity index (χ1v) is 9.90. The molecule has 2 aromatic carbocycles. The summed E-state index contributed by atoms with van der Waals surface area (Å²) in [7, 11) is 0. The largest absolute Gasteiger partial charge is 0.481 e. The molecule has 0 spiro atoms. The van der Waals surface area contributed by atoms with Crippen LogP contribution in [0.25, 0.3) is 11.1 Å². The number of aliphatic hydroxyl groups excluding tert-OH is 2. The molecule has 3 N–H and O–H groups in total. The van der Waals surface area contributed by atoms with Gasteiger partial charge in [0.25, 0.3) is 0 Å². The van der Waals surface area contributed by atoms with Gasteiger partial charge >= 0.3 is 5.97 Å². The van der Waals surface area contributed by atoms with Crippen molar-refractivity contribution in [3.05, 3.63) is 77.1 Å². The van der Waals surface area contributed by atoms with Crippen molar-refractivity contribution in [3.8, 4) is 0 Å². The van der Waals surface area contributed by atoms with Crippen LogP contribution < -0.4 is 0 Å². The number of rotatable bonds is 9. The van der Waals surface area contributed by atoms with Gasteiger partial charge in [-0.15, -0.1) is 10.2 Å². The Morgan fingerprint density at radius 1 is 1.00 bits per heavy atom. The molecule has 2 unspecified atom stereocenters. The number of nitrogens with zero attached hydrogens (tertiary/aromatic N) is 4. The van der Waals surface area contributed by atoms with E-state index in [1.54, 1.807) is 6.92 Å². The fourth-order valence-electron chi connectivity index (χ4n) is 3.28. The first-order chi connectivity index (χ1) is 15.3. The molecule has 1 aromatic heterocycles. The number of carbonyl (C=O) groups is 1. The number of aliphatic carboxylic acids is 1. The molecule has 0 saturated heterocycles. The molecule has 8 nitrogen and oxygen atoms in total. The Bertz CT molecular complexity index is 1050. The Labute approximate surface area is 182 Å². The quantitative estimate of drug-likeness (QED) is 0.464. The molecule has 0 fully saturated rings. The minimum absolute atomic E-state index is 0.0468. The highest BCUT2D eigenvalue weighted by atomic mass is 19.1. The summed E-state index contributed by atoms with van der Waals surface area (Å²) in [5, 5.41) is 42.3. The topological polar surface area (TPSA) is 121 Å². The maximum absolute atomic E-state index is 13.6. The third-order valence-electron chi connectivity index (χ3n) is 4.75. The van der Waals surface area contributed by atoms with E-state index in [1.807, 2.05) is 0 Å². The Hall–Kier alpha value is -3.50. The van der Waals surface area contributed by atoms with Crippen molar-refractivity contribution >= 4 is 17.1 Å². The van der Waals surface area contributed by atoms with Gasteiger partial charge in [-0.25, -0.2) is 8.78 Å². The molecule has 2 atom stereocenters. The average Bonchev–Trinajstić information content (AvgIpc) is 3.21. The van der Waals surface area contributed by atoms with E-state index in [1.165, 1.54) is 53.3 Å². The number of aromatic nitrogens is 4. The predicted octanol–water partition coefficient (Wildman–Crippen LogP) is 2.52. The molecule has 0 bridgehead atoms. The van der Waals surface area contributed by atoms with E-state index in [0.717, 1.165) is 0 Å². The Morgan fingerprint density at radius 3 is 1.97 bits per heavy atom. The smallest absolute Gasteiger partial charge is 0.305 e. The average molecular weight is 444 g/mol. The zero-order valence-corrected chi connectivity index (χ0v) is 17.2. The highest BCUT2D eigenvalue weighted by Gasteiger charge is 2.27. The van der Waals surface area contributed by atoms with Crippen LogP contribution in [0.15, 0.2) is 48.5 Å². The molecule has 1 heterocycles. The van der Waals surface area contributed by atoms with Gasteiger partial charge in [-0.1, -0.05) is 24.3 Å². The number of carboxylic acids is 1. The molecule has 0 aliphatic rings. The lowest BCUT2D eigenvalue weighted by Gasteiger charge is -2.21. The van der Waals surface area contributed by atoms with Gasteiger partial charge in [0.05, 0.1) is 25.2 Å². The van der Waals surface area contributed by atoms with Gasteiger partial charge in [-0.2, -0.15) is 4.80 Å². The summed E-state index contributed by atoms with van der Waals surface area (Å²) in [5.74, 6) is -2.12. The number of tetrazole rings is 1. The number of hydrogen-bond acceptors (Lipinski definition) is 6. The number of halogens is 2. The predicted molar refractivity (Wildman–Crippen MR) is 111 cm³/mol. The SMILES string of the molecule is CCn1nnc(C(=C(c2ccc(F)cc2)c2ccc(F)cc2)C(O)CC(O)CC(=O)O)n1. The van der Waals surface area contributed by atoms with Crippen molar-refractivity contribution in [2.75, 3.05) is 0 Å². The Kier molecular flexibility index (Phi) is 7.39. The second-order valence-corrected chi connectivity index (χ2v) is 7.11. The van der Waals surface area contributed by atoms with Crippen LogP contribution in [0.5, 0.6) is 0 Å². The van der Waals surface area contributed by atoms with Crippen molar-refractivity contribution in [2.24, 2.45) is 0 Å². The highest BCUT2D eigenvalue weighted by Crippen LogP contribution is 2.34. The van der Waals surface area contributed by atoms with Crippen LogP contribution in [0.1, 0.15) is 36.7 Å². The molecule has 0 radical (unpaired) electrons. The van der Waals surface area contributed by atoms with Gasteiger partial charge in [0, 0.05) is 12.0 Å². The van der Waals surface area contributed by atoms with E-state index < -0.39 is 36.2 Å². The third-order valence-corrected chi connectivity index (χ3v) is 4.75. The Balaban J connectivity index is 2.23. The second kappa shape index (κ2) is 10.2. The first-order valence-electron chi connectivity index (χ1n) is 9.90. The van der Waals surface area contributed by atoms with Crippen LogP contribution >= 0.6 is 0 Å². The summed E-state index contributed by atoms with van der Waals surface area (Å²) < 4.78 is 27.2. The maximum atomic E-state index is 13.6. The van der Waals surface area contributed by atoms with Crippen LogP contribution in [0.4, 0.5) is 8.78 Å². The van der Waals surface area contributed by atoms with Crippen molar-refractivity contribution < 1.29 is 28.9 Å². The van der Waals surface area contributed by atoms with Crippen molar-refractivity contribution in [2.45, 2.75) is 38.5 Å². The Morgan fingerprint density at radius 2 is 1.53 bits per heavy atom. The summed E-state index contributed by atoms with van der Waals surface area (Å²) in [6.45, 7) is 2.20. The molecular formula is C22H22F2N4O4. The van der Waals surface area contributed by atoms with E-state index in [4.69, 9.17) is 5.11 Å². The minimum atomic E-state index is -1.40. The normalized spacial score (nSPS) is 12.9. The summed E-state index contributed by atoms with van der Waals surface area (Å²) >= 11 is 0. The fourth-order valence-corrected chi connectivity index (χ4v) is 3.28.